The highest BCUT2D eigenvalue weighted by molar-refractivity contribution is 5.25. The minimum atomic E-state index is -0.541. The quantitative estimate of drug-likeness (QED) is 0.900. The van der Waals surface area contributed by atoms with Crippen molar-refractivity contribution < 1.29 is 13.5 Å². The number of hydrogen-bond acceptors (Lipinski definition) is 2. The molecule has 3 atom stereocenters. The molecule has 0 aromatic heterocycles. The average molecular weight is 297 g/mol. The van der Waals surface area contributed by atoms with Gasteiger partial charge in [-0.1, -0.05) is 27.2 Å². The summed E-state index contributed by atoms with van der Waals surface area (Å²) in [6, 6.07) is 3.14. The van der Waals surface area contributed by atoms with Gasteiger partial charge in [-0.3, -0.25) is 0 Å². The van der Waals surface area contributed by atoms with Gasteiger partial charge in [0.15, 0.2) is 11.6 Å². The van der Waals surface area contributed by atoms with E-state index in [2.05, 4.69) is 20.8 Å². The molecule has 1 saturated carbocycles. The largest absolute Gasteiger partial charge is 0.486 e. The summed E-state index contributed by atoms with van der Waals surface area (Å²) >= 11 is 0. The highest BCUT2D eigenvalue weighted by Gasteiger charge is 2.37. The van der Waals surface area contributed by atoms with Crippen molar-refractivity contribution in [1.29, 1.82) is 0 Å². The van der Waals surface area contributed by atoms with Gasteiger partial charge in [-0.15, -0.1) is 0 Å². The third-order valence-corrected chi connectivity index (χ3v) is 5.03. The predicted molar refractivity (Wildman–Crippen MR) is 80.2 cm³/mol. The molecule has 0 radical (unpaired) electrons. The van der Waals surface area contributed by atoms with Gasteiger partial charge in [0.25, 0.3) is 0 Å². The molecule has 0 spiro atoms. The molecule has 2 N–H and O–H groups in total. The van der Waals surface area contributed by atoms with E-state index in [0.717, 1.165) is 43.9 Å². The van der Waals surface area contributed by atoms with Crippen molar-refractivity contribution in [2.24, 2.45) is 17.1 Å². The molecule has 2 nitrogen and oxygen atoms in total. The van der Waals surface area contributed by atoms with E-state index in [-0.39, 0.29) is 23.3 Å². The van der Waals surface area contributed by atoms with Crippen molar-refractivity contribution in [3.8, 4) is 5.75 Å². The third kappa shape index (κ3) is 3.73. The molecule has 0 heterocycles. The van der Waals surface area contributed by atoms with Gasteiger partial charge in [0.2, 0.25) is 0 Å². The van der Waals surface area contributed by atoms with Crippen LogP contribution in [0.1, 0.15) is 46.5 Å². The molecule has 1 aliphatic rings. The average Bonchev–Trinajstić information content (AvgIpc) is 2.45. The van der Waals surface area contributed by atoms with Gasteiger partial charge in [0, 0.05) is 12.1 Å². The monoisotopic (exact) mass is 297 g/mol. The van der Waals surface area contributed by atoms with Crippen molar-refractivity contribution in [3.05, 3.63) is 29.8 Å². The van der Waals surface area contributed by atoms with Crippen LogP contribution >= 0.6 is 0 Å². The van der Waals surface area contributed by atoms with Gasteiger partial charge in [0.05, 0.1) is 0 Å². The molecule has 0 bridgehead atoms. The van der Waals surface area contributed by atoms with Crippen LogP contribution in [0.5, 0.6) is 5.75 Å². The maximum Gasteiger partial charge on any atom is 0.165 e. The summed E-state index contributed by atoms with van der Waals surface area (Å²) in [7, 11) is 0. The Morgan fingerprint density at radius 2 is 2.00 bits per heavy atom. The van der Waals surface area contributed by atoms with Gasteiger partial charge >= 0.3 is 0 Å². The summed E-state index contributed by atoms with van der Waals surface area (Å²) in [6.45, 7) is 6.67. The van der Waals surface area contributed by atoms with Gasteiger partial charge < -0.3 is 10.5 Å². The first kappa shape index (κ1) is 16.2. The first-order valence-corrected chi connectivity index (χ1v) is 7.70. The summed E-state index contributed by atoms with van der Waals surface area (Å²) in [5.41, 5.74) is 6.33. The zero-order valence-electron chi connectivity index (χ0n) is 13.0. The highest BCUT2D eigenvalue weighted by Crippen LogP contribution is 2.41. The molecular formula is C17H25F2NO. The van der Waals surface area contributed by atoms with Crippen molar-refractivity contribution in [1.82, 2.24) is 0 Å². The van der Waals surface area contributed by atoms with E-state index in [9.17, 15) is 8.78 Å². The minimum Gasteiger partial charge on any atom is -0.486 e. The Morgan fingerprint density at radius 1 is 1.29 bits per heavy atom. The predicted octanol–water partition coefficient (Wildman–Crippen LogP) is 4.28. The fourth-order valence-electron chi connectivity index (χ4n) is 3.02. The van der Waals surface area contributed by atoms with Crippen LogP contribution in [0.25, 0.3) is 0 Å². The second-order valence-corrected chi connectivity index (χ2v) is 6.75. The second-order valence-electron chi connectivity index (χ2n) is 6.75. The third-order valence-electron chi connectivity index (χ3n) is 5.03. The number of halogens is 2. The van der Waals surface area contributed by atoms with Crippen LogP contribution in [0.3, 0.4) is 0 Å². The van der Waals surface area contributed by atoms with Crippen molar-refractivity contribution >= 4 is 0 Å². The lowest BCUT2D eigenvalue weighted by Crippen LogP contribution is -2.46. The molecule has 1 fully saturated rings. The van der Waals surface area contributed by atoms with Crippen LogP contribution in [0.2, 0.25) is 0 Å². The molecule has 0 saturated heterocycles. The maximum atomic E-state index is 13.7. The van der Waals surface area contributed by atoms with E-state index in [1.54, 1.807) is 0 Å². The van der Waals surface area contributed by atoms with Crippen LogP contribution in [0.4, 0.5) is 8.78 Å². The van der Waals surface area contributed by atoms with Crippen LogP contribution in [0, 0.1) is 23.0 Å². The van der Waals surface area contributed by atoms with E-state index in [4.69, 9.17) is 10.5 Å². The Bertz CT molecular complexity index is 490. The number of nitrogens with two attached hydrogens (primary N) is 1. The molecular weight excluding hydrogens is 272 g/mol. The Kier molecular flexibility index (Phi) is 4.87. The fraction of sp³-hybridized carbons (Fsp3) is 0.647. The number of benzene rings is 1. The van der Waals surface area contributed by atoms with Gasteiger partial charge in [-0.05, 0) is 42.7 Å². The minimum absolute atomic E-state index is 0.0367. The first-order valence-electron chi connectivity index (χ1n) is 7.70. The summed E-state index contributed by atoms with van der Waals surface area (Å²) < 4.78 is 32.7. The molecule has 1 aliphatic carbocycles. The molecule has 0 amide bonds. The summed E-state index contributed by atoms with van der Waals surface area (Å²) in [4.78, 5) is 0. The Labute approximate surface area is 125 Å². The van der Waals surface area contributed by atoms with Crippen molar-refractivity contribution in [3.63, 3.8) is 0 Å². The topological polar surface area (TPSA) is 35.2 Å². The van der Waals surface area contributed by atoms with Crippen molar-refractivity contribution in [2.45, 2.75) is 58.6 Å². The fourth-order valence-corrected chi connectivity index (χ4v) is 3.02. The molecule has 118 valence electrons. The lowest BCUT2D eigenvalue weighted by molar-refractivity contribution is 0.0478. The smallest absolute Gasteiger partial charge is 0.165 e. The van der Waals surface area contributed by atoms with Crippen LogP contribution in [-0.4, -0.2) is 12.1 Å². The first-order chi connectivity index (χ1) is 9.83. The van der Waals surface area contributed by atoms with Crippen LogP contribution in [0.15, 0.2) is 18.2 Å². The molecule has 4 heteroatoms. The Morgan fingerprint density at radius 3 is 2.67 bits per heavy atom. The van der Waals surface area contributed by atoms with Gasteiger partial charge in [0.1, 0.15) is 11.9 Å². The van der Waals surface area contributed by atoms with E-state index in [1.165, 1.54) is 0 Å². The Balaban J connectivity index is 2.12. The lowest BCUT2D eigenvalue weighted by atomic mass is 9.68. The summed E-state index contributed by atoms with van der Waals surface area (Å²) in [6.07, 6.45) is 3.53. The van der Waals surface area contributed by atoms with Gasteiger partial charge in [-0.25, -0.2) is 8.78 Å². The second kappa shape index (κ2) is 6.30. The number of hydrogen-bond donors (Lipinski definition) is 1. The highest BCUT2D eigenvalue weighted by atomic mass is 19.1. The number of rotatable bonds is 4. The SMILES string of the molecule is CCC(C)(C)C1CCC(N)C(Oc2cc(F)ccc2F)C1. The molecule has 21 heavy (non-hydrogen) atoms. The molecule has 2 rings (SSSR count). The zero-order valence-corrected chi connectivity index (χ0v) is 13.0. The van der Waals surface area contributed by atoms with Gasteiger partial charge in [-0.2, -0.15) is 0 Å². The molecule has 1 aromatic carbocycles. The molecule has 0 aliphatic heterocycles. The van der Waals surface area contributed by atoms with E-state index in [0.29, 0.717) is 5.92 Å². The van der Waals surface area contributed by atoms with Crippen LogP contribution in [-0.2, 0) is 0 Å². The zero-order chi connectivity index (χ0) is 15.6. The van der Waals surface area contributed by atoms with E-state index < -0.39 is 11.6 Å². The summed E-state index contributed by atoms with van der Waals surface area (Å²) in [5, 5.41) is 0. The van der Waals surface area contributed by atoms with E-state index in [1.807, 2.05) is 0 Å². The Hall–Kier alpha value is -1.16. The molecule has 1 aromatic rings. The van der Waals surface area contributed by atoms with E-state index >= 15 is 0 Å². The standard InChI is InChI=1S/C17H25F2NO/c1-4-17(2,3)11-5-8-14(20)16(9-11)21-15-10-12(18)6-7-13(15)19/h6-7,10-11,14,16H,4-5,8-9,20H2,1-3H3. The van der Waals surface area contributed by atoms with Crippen molar-refractivity contribution in [2.75, 3.05) is 0 Å². The molecule has 3 unspecified atom stereocenters. The lowest BCUT2D eigenvalue weighted by Gasteiger charge is -2.41. The normalized spacial score (nSPS) is 26.7. The maximum absolute atomic E-state index is 13.7. The summed E-state index contributed by atoms with van der Waals surface area (Å²) in [5.74, 6) is -0.587. The van der Waals surface area contributed by atoms with Crippen LogP contribution < -0.4 is 10.5 Å². The number of ether oxygens (including phenoxy) is 1.